The molecule has 1 aliphatic carbocycles. The predicted molar refractivity (Wildman–Crippen MR) is 105 cm³/mol. The highest BCUT2D eigenvalue weighted by Gasteiger charge is 2.17. The molecular formula is C20H23ClN4O. The molecule has 0 atom stereocenters. The lowest BCUT2D eigenvalue weighted by atomic mass is 9.95. The fourth-order valence-electron chi connectivity index (χ4n) is 3.64. The molecule has 2 aromatic heterocycles. The first-order valence-corrected chi connectivity index (χ1v) is 9.52. The average Bonchev–Trinajstić information content (AvgIpc) is 3.06. The molecule has 1 fully saturated rings. The maximum Gasteiger partial charge on any atom is 0.226 e. The summed E-state index contributed by atoms with van der Waals surface area (Å²) < 4.78 is 7.33. The van der Waals surface area contributed by atoms with Crippen molar-refractivity contribution < 1.29 is 4.74 Å². The first-order chi connectivity index (χ1) is 12.7. The smallest absolute Gasteiger partial charge is 0.226 e. The molecule has 0 spiro atoms. The zero-order valence-corrected chi connectivity index (χ0v) is 15.7. The van der Waals surface area contributed by atoms with E-state index in [1.165, 1.54) is 37.7 Å². The van der Waals surface area contributed by atoms with Crippen LogP contribution in [-0.2, 0) is 6.54 Å². The minimum absolute atomic E-state index is 0.283. The topological polar surface area (TPSA) is 52.0 Å². The van der Waals surface area contributed by atoms with Crippen molar-refractivity contribution in [3.63, 3.8) is 0 Å². The Morgan fingerprint density at radius 3 is 2.62 bits per heavy atom. The maximum absolute atomic E-state index is 6.22. The number of nitrogens with zero attached hydrogens (tertiary/aromatic N) is 3. The van der Waals surface area contributed by atoms with Gasteiger partial charge in [-0.2, -0.15) is 4.98 Å². The number of hydrogen-bond acceptors (Lipinski definition) is 4. The van der Waals surface area contributed by atoms with Gasteiger partial charge in [-0.1, -0.05) is 31.4 Å². The number of ether oxygens (including phenoxy) is 1. The van der Waals surface area contributed by atoms with Crippen LogP contribution in [0.5, 0.6) is 5.75 Å². The van der Waals surface area contributed by atoms with Crippen LogP contribution in [-0.4, -0.2) is 27.7 Å². The van der Waals surface area contributed by atoms with Gasteiger partial charge in [0, 0.05) is 18.8 Å². The number of aromatic nitrogens is 3. The van der Waals surface area contributed by atoms with Crippen LogP contribution >= 0.6 is 11.6 Å². The van der Waals surface area contributed by atoms with Crippen molar-refractivity contribution in [2.24, 2.45) is 0 Å². The average molecular weight is 371 g/mol. The summed E-state index contributed by atoms with van der Waals surface area (Å²) in [6.45, 7) is 0.726. The molecule has 2 heterocycles. The van der Waals surface area contributed by atoms with Gasteiger partial charge in [-0.05, 0) is 48.2 Å². The largest absolute Gasteiger partial charge is 0.497 e. The number of nitrogens with one attached hydrogen (secondary N) is 1. The summed E-state index contributed by atoms with van der Waals surface area (Å²) in [5.41, 5.74) is 2.04. The lowest BCUT2D eigenvalue weighted by Crippen LogP contribution is -2.23. The van der Waals surface area contributed by atoms with E-state index in [1.807, 2.05) is 18.3 Å². The van der Waals surface area contributed by atoms with Crippen LogP contribution < -0.4 is 10.1 Å². The lowest BCUT2D eigenvalue weighted by Gasteiger charge is -2.23. The number of halogens is 1. The highest BCUT2D eigenvalue weighted by atomic mass is 35.5. The van der Waals surface area contributed by atoms with E-state index >= 15 is 0 Å². The SMILES string of the molecule is COc1ccc(Cn2ccc3c(NC4CCCCC4)nc(Cl)nc32)cc1. The third kappa shape index (κ3) is 3.63. The van der Waals surface area contributed by atoms with Crippen molar-refractivity contribution in [3.8, 4) is 5.75 Å². The van der Waals surface area contributed by atoms with Gasteiger partial charge in [0.2, 0.25) is 5.28 Å². The second-order valence-electron chi connectivity index (χ2n) is 6.85. The molecular weight excluding hydrogens is 348 g/mol. The van der Waals surface area contributed by atoms with Crippen molar-refractivity contribution in [1.29, 1.82) is 0 Å². The van der Waals surface area contributed by atoms with E-state index in [0.29, 0.717) is 6.04 Å². The Bertz CT molecular complexity index is 885. The molecule has 1 saturated carbocycles. The Morgan fingerprint density at radius 2 is 1.88 bits per heavy atom. The molecule has 4 rings (SSSR count). The molecule has 1 aliphatic rings. The van der Waals surface area contributed by atoms with E-state index in [1.54, 1.807) is 7.11 Å². The Hall–Kier alpha value is -2.27. The summed E-state index contributed by atoms with van der Waals surface area (Å²) in [6, 6.07) is 10.6. The summed E-state index contributed by atoms with van der Waals surface area (Å²) in [5, 5.41) is 4.90. The van der Waals surface area contributed by atoms with E-state index in [0.717, 1.165) is 29.1 Å². The van der Waals surface area contributed by atoms with Crippen LogP contribution in [0, 0.1) is 0 Å². The van der Waals surface area contributed by atoms with Crippen LogP contribution in [0.2, 0.25) is 5.28 Å². The summed E-state index contributed by atoms with van der Waals surface area (Å²) in [5.74, 6) is 1.70. The van der Waals surface area contributed by atoms with Gasteiger partial charge in [-0.25, -0.2) is 4.98 Å². The van der Waals surface area contributed by atoms with Crippen molar-refractivity contribution in [3.05, 3.63) is 47.4 Å². The quantitative estimate of drug-likeness (QED) is 0.650. The van der Waals surface area contributed by atoms with Gasteiger partial charge in [-0.3, -0.25) is 0 Å². The standard InChI is InChI=1S/C20H23ClN4O/c1-26-16-9-7-14(8-10-16)13-25-12-11-17-18(23-20(21)24-19(17)25)22-15-5-3-2-4-6-15/h7-12,15H,2-6,13H2,1H3,(H,22,23,24). The molecule has 5 nitrogen and oxygen atoms in total. The Morgan fingerprint density at radius 1 is 1.12 bits per heavy atom. The number of rotatable bonds is 5. The van der Waals surface area contributed by atoms with Gasteiger partial charge in [0.1, 0.15) is 17.2 Å². The summed E-state index contributed by atoms with van der Waals surface area (Å²) in [4.78, 5) is 8.92. The normalized spacial score (nSPS) is 15.3. The van der Waals surface area contributed by atoms with Crippen LogP contribution in [0.1, 0.15) is 37.7 Å². The maximum atomic E-state index is 6.22. The molecule has 6 heteroatoms. The fourth-order valence-corrected chi connectivity index (χ4v) is 3.81. The van der Waals surface area contributed by atoms with Gasteiger partial charge in [0.15, 0.2) is 0 Å². The van der Waals surface area contributed by atoms with E-state index in [4.69, 9.17) is 16.3 Å². The van der Waals surface area contributed by atoms with Crippen molar-refractivity contribution in [2.75, 3.05) is 12.4 Å². The second-order valence-corrected chi connectivity index (χ2v) is 7.19. The van der Waals surface area contributed by atoms with Gasteiger partial charge >= 0.3 is 0 Å². The predicted octanol–water partition coefficient (Wildman–Crippen LogP) is 4.89. The first kappa shape index (κ1) is 17.2. The third-order valence-electron chi connectivity index (χ3n) is 5.05. The molecule has 0 saturated heterocycles. The van der Waals surface area contributed by atoms with Crippen LogP contribution in [0.4, 0.5) is 5.82 Å². The fraction of sp³-hybridized carbons (Fsp3) is 0.400. The number of methoxy groups -OCH3 is 1. The summed E-state index contributed by atoms with van der Waals surface area (Å²) >= 11 is 6.22. The van der Waals surface area contributed by atoms with Crippen LogP contribution in [0.3, 0.4) is 0 Å². The van der Waals surface area contributed by atoms with E-state index in [9.17, 15) is 0 Å². The van der Waals surface area contributed by atoms with Gasteiger partial charge < -0.3 is 14.6 Å². The molecule has 0 amide bonds. The summed E-state index contributed by atoms with van der Waals surface area (Å²) in [7, 11) is 1.67. The van der Waals surface area contributed by atoms with E-state index in [-0.39, 0.29) is 5.28 Å². The highest BCUT2D eigenvalue weighted by Crippen LogP contribution is 2.28. The Kier molecular flexibility index (Phi) is 4.98. The van der Waals surface area contributed by atoms with E-state index < -0.39 is 0 Å². The van der Waals surface area contributed by atoms with Crippen LogP contribution in [0.25, 0.3) is 11.0 Å². The minimum Gasteiger partial charge on any atom is -0.497 e. The van der Waals surface area contributed by atoms with Gasteiger partial charge in [0.05, 0.1) is 12.5 Å². The monoisotopic (exact) mass is 370 g/mol. The van der Waals surface area contributed by atoms with Crippen molar-refractivity contribution in [1.82, 2.24) is 14.5 Å². The number of anilines is 1. The summed E-state index contributed by atoms with van der Waals surface area (Å²) in [6.07, 6.45) is 8.31. The second kappa shape index (κ2) is 7.54. The molecule has 26 heavy (non-hydrogen) atoms. The molecule has 0 aliphatic heterocycles. The lowest BCUT2D eigenvalue weighted by molar-refractivity contribution is 0.414. The Labute approximate surface area is 158 Å². The molecule has 1 N–H and O–H groups in total. The van der Waals surface area contributed by atoms with Gasteiger partial charge in [0.25, 0.3) is 0 Å². The molecule has 3 aromatic rings. The molecule has 0 bridgehead atoms. The number of fused-ring (bicyclic) bond motifs is 1. The highest BCUT2D eigenvalue weighted by molar-refractivity contribution is 6.28. The molecule has 1 aromatic carbocycles. The molecule has 0 radical (unpaired) electrons. The number of benzene rings is 1. The van der Waals surface area contributed by atoms with Gasteiger partial charge in [-0.15, -0.1) is 0 Å². The minimum atomic E-state index is 0.283. The van der Waals surface area contributed by atoms with Crippen LogP contribution in [0.15, 0.2) is 36.5 Å². The number of hydrogen-bond donors (Lipinski definition) is 1. The van der Waals surface area contributed by atoms with Crippen molar-refractivity contribution in [2.45, 2.75) is 44.7 Å². The van der Waals surface area contributed by atoms with E-state index in [2.05, 4.69) is 38.1 Å². The third-order valence-corrected chi connectivity index (χ3v) is 5.22. The Balaban J connectivity index is 1.62. The first-order valence-electron chi connectivity index (χ1n) is 9.15. The zero-order chi connectivity index (χ0) is 17.9. The molecule has 0 unspecified atom stereocenters. The molecule has 136 valence electrons. The van der Waals surface area contributed by atoms with Crippen molar-refractivity contribution >= 4 is 28.5 Å². The zero-order valence-electron chi connectivity index (χ0n) is 14.9.